The van der Waals surface area contributed by atoms with Crippen molar-refractivity contribution in [2.45, 2.75) is 115 Å². The number of nitrogens with one attached hydrogen (secondary N) is 2. The first kappa shape index (κ1) is 26.2. The molecule has 2 aliphatic carbocycles. The van der Waals surface area contributed by atoms with Gasteiger partial charge in [0, 0.05) is 42.5 Å². The van der Waals surface area contributed by atoms with E-state index in [0.29, 0.717) is 30.0 Å². The maximum atomic E-state index is 6.55. The summed E-state index contributed by atoms with van der Waals surface area (Å²) in [5.74, 6) is 0.967. The van der Waals surface area contributed by atoms with Crippen LogP contribution >= 0.6 is 0 Å². The highest BCUT2D eigenvalue weighted by atomic mass is 15.1. The van der Waals surface area contributed by atoms with E-state index >= 15 is 0 Å². The van der Waals surface area contributed by atoms with Crippen molar-refractivity contribution in [2.24, 2.45) is 11.7 Å². The van der Waals surface area contributed by atoms with Crippen molar-refractivity contribution < 1.29 is 0 Å². The molecule has 200 valence electrons. The van der Waals surface area contributed by atoms with Gasteiger partial charge in [-0.2, -0.15) is 0 Å². The van der Waals surface area contributed by atoms with E-state index in [0.717, 1.165) is 32.1 Å². The zero-order valence-corrected chi connectivity index (χ0v) is 23.0. The fourth-order valence-corrected chi connectivity index (χ4v) is 7.08. The molecule has 0 radical (unpaired) electrons. The van der Waals surface area contributed by atoms with Gasteiger partial charge in [0.15, 0.2) is 0 Å². The van der Waals surface area contributed by atoms with Gasteiger partial charge in [0.1, 0.15) is 0 Å². The molecule has 6 atom stereocenters. The quantitative estimate of drug-likeness (QED) is 0.370. The Balaban J connectivity index is 1.31. The van der Waals surface area contributed by atoms with E-state index in [-0.39, 0.29) is 6.04 Å². The Kier molecular flexibility index (Phi) is 8.51. The average Bonchev–Trinajstić information content (AvgIpc) is 3.27. The first-order chi connectivity index (χ1) is 18.0. The molecule has 0 bridgehead atoms. The zero-order chi connectivity index (χ0) is 25.8. The van der Waals surface area contributed by atoms with Crippen LogP contribution in [0.3, 0.4) is 0 Å². The van der Waals surface area contributed by atoms with Crippen LogP contribution in [-0.2, 0) is 0 Å². The smallest absolute Gasteiger partial charge is 0.0925 e. The third kappa shape index (κ3) is 6.04. The van der Waals surface area contributed by atoms with Crippen LogP contribution in [0.2, 0.25) is 0 Å². The highest BCUT2D eigenvalue weighted by Gasteiger charge is 2.32. The van der Waals surface area contributed by atoms with Gasteiger partial charge in [-0.25, -0.2) is 4.98 Å². The van der Waals surface area contributed by atoms with Crippen LogP contribution in [-0.4, -0.2) is 33.0 Å². The Hall–Kier alpha value is -2.37. The average molecular weight is 502 g/mol. The molecule has 4 N–H and O–H groups in total. The van der Waals surface area contributed by atoms with Gasteiger partial charge in [-0.3, -0.25) is 0 Å². The van der Waals surface area contributed by atoms with Crippen molar-refractivity contribution in [1.82, 2.24) is 20.2 Å². The molecule has 5 nitrogen and oxygen atoms in total. The molecular formula is C32H47N5. The van der Waals surface area contributed by atoms with Gasteiger partial charge in [0.2, 0.25) is 0 Å². The van der Waals surface area contributed by atoms with Crippen molar-refractivity contribution in [3.05, 3.63) is 77.7 Å². The molecule has 3 fully saturated rings. The third-order valence-corrected chi connectivity index (χ3v) is 9.29. The lowest BCUT2D eigenvalue weighted by atomic mass is 9.73. The van der Waals surface area contributed by atoms with E-state index in [9.17, 15) is 0 Å². The van der Waals surface area contributed by atoms with Crippen LogP contribution in [0.5, 0.6) is 0 Å². The van der Waals surface area contributed by atoms with Crippen LogP contribution in [0, 0.1) is 5.92 Å². The zero-order valence-electron chi connectivity index (χ0n) is 23.0. The summed E-state index contributed by atoms with van der Waals surface area (Å²) in [4.78, 5) is 10.8. The molecule has 2 saturated carbocycles. The molecule has 4 aliphatic rings. The molecule has 37 heavy (non-hydrogen) atoms. The highest BCUT2D eigenvalue weighted by molar-refractivity contribution is 5.43. The van der Waals surface area contributed by atoms with Crippen molar-refractivity contribution in [3.8, 4) is 0 Å². The number of nitrogens with two attached hydrogens (primary N) is 1. The van der Waals surface area contributed by atoms with Gasteiger partial charge in [0.25, 0.3) is 0 Å². The van der Waals surface area contributed by atoms with Crippen molar-refractivity contribution >= 4 is 0 Å². The molecular weight excluding hydrogens is 454 g/mol. The third-order valence-electron chi connectivity index (χ3n) is 9.29. The molecule has 3 heterocycles. The van der Waals surface area contributed by atoms with E-state index < -0.39 is 0 Å². The number of hydrogen-bond acceptors (Lipinski definition) is 4. The monoisotopic (exact) mass is 501 g/mol. The second-order valence-corrected chi connectivity index (χ2v) is 11.8. The first-order valence-corrected chi connectivity index (χ1v) is 14.8. The molecule has 1 aromatic heterocycles. The van der Waals surface area contributed by atoms with E-state index in [1.165, 1.54) is 66.6 Å². The van der Waals surface area contributed by atoms with Crippen LogP contribution in [0.15, 0.2) is 66.3 Å². The van der Waals surface area contributed by atoms with Gasteiger partial charge < -0.3 is 20.9 Å². The second kappa shape index (κ2) is 12.0. The van der Waals surface area contributed by atoms with Crippen LogP contribution in [0.25, 0.3) is 0 Å². The summed E-state index contributed by atoms with van der Waals surface area (Å²) in [5, 5.41) is 3.81. The fourth-order valence-electron chi connectivity index (χ4n) is 7.08. The summed E-state index contributed by atoms with van der Waals surface area (Å²) in [6, 6.07) is 1.61. The summed E-state index contributed by atoms with van der Waals surface area (Å²) in [5.41, 5.74) is 13.3. The molecule has 0 amide bonds. The number of hydrogen-bond donors (Lipinski definition) is 3. The Morgan fingerprint density at radius 3 is 2.84 bits per heavy atom. The molecule has 5 rings (SSSR count). The van der Waals surface area contributed by atoms with E-state index in [4.69, 9.17) is 10.7 Å². The lowest BCUT2D eigenvalue weighted by Gasteiger charge is -2.36. The van der Waals surface area contributed by atoms with Gasteiger partial charge in [-0.1, -0.05) is 43.2 Å². The van der Waals surface area contributed by atoms with Gasteiger partial charge in [-0.05, 0) is 94.8 Å². The van der Waals surface area contributed by atoms with E-state index in [2.05, 4.69) is 72.3 Å². The maximum Gasteiger partial charge on any atom is 0.0925 e. The molecule has 2 aliphatic heterocycles. The number of nitrogens with zero attached hydrogens (tertiary/aromatic N) is 2. The standard InChI is InChI=1S/C32H47N5/c1-4-24(26-11-7-8-17-37(20-26)30-14-6-5-12-28(30)33)18-27-19-25(16-15-22(27)2)31-32(35-21-34-31)29-13-9-10-23(3)36-29/h4,7-8,11,17,20-21,23,25,27-30,36H,2,5-6,9-10,12-16,18-19,33H2,1,3H3,(H,34,35)/b24-4+/t23?,25?,27?,28-,29?,30-/m0/s1. The predicted molar refractivity (Wildman–Crippen MR) is 154 cm³/mol. The molecule has 1 aromatic rings. The van der Waals surface area contributed by atoms with E-state index in [1.807, 2.05) is 6.33 Å². The SMILES string of the molecule is C=C1CCC(c2nc[nH]c2C2CCCC(C)N2)CC1C/C(=C\C)C1=CN([C@H]2CCCC[C@@H]2N)C=CC=C1. The number of rotatable bonds is 6. The Morgan fingerprint density at radius 1 is 1.16 bits per heavy atom. The number of imidazole rings is 1. The first-order valence-electron chi connectivity index (χ1n) is 14.8. The van der Waals surface area contributed by atoms with Crippen molar-refractivity contribution in [2.75, 3.05) is 0 Å². The minimum Gasteiger partial charge on any atom is -0.349 e. The number of piperidine rings is 1. The van der Waals surface area contributed by atoms with Gasteiger partial charge in [-0.15, -0.1) is 0 Å². The number of aromatic nitrogens is 2. The van der Waals surface area contributed by atoms with Crippen molar-refractivity contribution in [1.29, 1.82) is 0 Å². The number of allylic oxidation sites excluding steroid dienone is 7. The highest BCUT2D eigenvalue weighted by Crippen LogP contribution is 2.43. The Labute approximate surface area is 224 Å². The molecule has 0 aromatic carbocycles. The minimum absolute atomic E-state index is 0.242. The number of aromatic amines is 1. The molecule has 4 unspecified atom stereocenters. The summed E-state index contributed by atoms with van der Waals surface area (Å²) in [6.07, 6.45) is 28.3. The second-order valence-electron chi connectivity index (χ2n) is 11.8. The molecule has 5 heteroatoms. The summed E-state index contributed by atoms with van der Waals surface area (Å²) < 4.78 is 0. The topological polar surface area (TPSA) is 70.0 Å². The van der Waals surface area contributed by atoms with Crippen molar-refractivity contribution in [3.63, 3.8) is 0 Å². The predicted octanol–water partition coefficient (Wildman–Crippen LogP) is 6.93. The lowest BCUT2D eigenvalue weighted by molar-refractivity contribution is 0.243. The molecule has 1 saturated heterocycles. The number of H-pyrrole nitrogens is 1. The van der Waals surface area contributed by atoms with Gasteiger partial charge >= 0.3 is 0 Å². The minimum atomic E-state index is 0.242. The fraction of sp³-hybridized carbons (Fsp3) is 0.594. The summed E-state index contributed by atoms with van der Waals surface area (Å²) >= 11 is 0. The lowest BCUT2D eigenvalue weighted by Crippen LogP contribution is -2.45. The summed E-state index contributed by atoms with van der Waals surface area (Å²) in [7, 11) is 0. The normalized spacial score (nSPS) is 33.4. The summed E-state index contributed by atoms with van der Waals surface area (Å²) in [6.45, 7) is 9.02. The largest absolute Gasteiger partial charge is 0.349 e. The Bertz CT molecular complexity index is 1060. The van der Waals surface area contributed by atoms with Crippen LogP contribution in [0.1, 0.15) is 108 Å². The maximum absolute atomic E-state index is 6.55. The van der Waals surface area contributed by atoms with Crippen LogP contribution < -0.4 is 11.1 Å². The van der Waals surface area contributed by atoms with E-state index in [1.54, 1.807) is 0 Å². The molecule has 0 spiro atoms. The van der Waals surface area contributed by atoms with Crippen LogP contribution in [0.4, 0.5) is 0 Å². The van der Waals surface area contributed by atoms with Gasteiger partial charge in [0.05, 0.1) is 17.7 Å². The Morgan fingerprint density at radius 2 is 2.03 bits per heavy atom.